The second kappa shape index (κ2) is 5.73. The van der Waals surface area contributed by atoms with Gasteiger partial charge < -0.3 is 10.2 Å². The third kappa shape index (κ3) is 2.61. The Morgan fingerprint density at radius 2 is 2.09 bits per heavy atom. The molecule has 1 amide bonds. The lowest BCUT2D eigenvalue weighted by Gasteiger charge is -2.45. The molecule has 1 spiro atoms. The lowest BCUT2D eigenvalue weighted by atomic mass is 9.69. The van der Waals surface area contributed by atoms with E-state index >= 15 is 0 Å². The van der Waals surface area contributed by atoms with Gasteiger partial charge in [0.25, 0.3) is 0 Å². The van der Waals surface area contributed by atoms with E-state index in [-0.39, 0.29) is 17.9 Å². The molecule has 2 aromatic rings. The minimum atomic E-state index is 0.0872. The van der Waals surface area contributed by atoms with Crippen molar-refractivity contribution >= 4 is 5.91 Å². The molecule has 2 aliphatic heterocycles. The maximum Gasteiger partial charge on any atom is 0.244 e. The summed E-state index contributed by atoms with van der Waals surface area (Å²) in [4.78, 5) is 14.3. The molecule has 1 N–H and O–H groups in total. The van der Waals surface area contributed by atoms with Crippen LogP contribution in [0.3, 0.4) is 0 Å². The average Bonchev–Trinajstić information content (AvgIpc) is 3.09. The number of hydrogen-bond acceptors (Lipinski definition) is 5. The molecule has 23 heavy (non-hydrogen) atoms. The molecule has 1 fully saturated rings. The zero-order chi connectivity index (χ0) is 15.7. The van der Waals surface area contributed by atoms with E-state index in [4.69, 9.17) is 0 Å². The highest BCUT2D eigenvalue weighted by Gasteiger charge is 2.40. The fraction of sp³-hybridized carbons (Fsp3) is 0.500. The van der Waals surface area contributed by atoms with E-state index in [0.717, 1.165) is 39.0 Å². The predicted octanol–water partition coefficient (Wildman–Crippen LogP) is 0.337. The number of aromatic nitrogens is 4. The number of hydrogen-bond donors (Lipinski definition) is 1. The van der Waals surface area contributed by atoms with Crippen molar-refractivity contribution in [1.82, 2.24) is 30.4 Å². The summed E-state index contributed by atoms with van der Waals surface area (Å²) >= 11 is 0. The van der Waals surface area contributed by atoms with Crippen molar-refractivity contribution in [1.29, 1.82) is 0 Å². The van der Waals surface area contributed by atoms with Crippen LogP contribution in [0.1, 0.15) is 24.0 Å². The molecule has 4 rings (SSSR count). The van der Waals surface area contributed by atoms with Gasteiger partial charge in [-0.15, -0.1) is 5.10 Å². The van der Waals surface area contributed by atoms with Crippen LogP contribution in [0.2, 0.25) is 0 Å². The van der Waals surface area contributed by atoms with Gasteiger partial charge in [-0.1, -0.05) is 24.3 Å². The molecule has 0 bridgehead atoms. The normalized spacial score (nSPS) is 19.6. The zero-order valence-electron chi connectivity index (χ0n) is 13.0. The van der Waals surface area contributed by atoms with E-state index in [1.54, 1.807) is 0 Å². The van der Waals surface area contributed by atoms with Gasteiger partial charge in [0, 0.05) is 31.6 Å². The van der Waals surface area contributed by atoms with E-state index in [1.807, 2.05) is 4.90 Å². The highest BCUT2D eigenvalue weighted by atomic mass is 16.2. The molecule has 3 heterocycles. The summed E-state index contributed by atoms with van der Waals surface area (Å²) in [6.07, 6.45) is 3.47. The third-order valence-electron chi connectivity index (χ3n) is 5.13. The Labute approximate surface area is 134 Å². The minimum Gasteiger partial charge on any atom is -0.341 e. The first kappa shape index (κ1) is 14.3. The standard InChI is InChI=1S/C16H20N6O/c23-15(10-22-12-18-19-20-22)21-7-5-16(6-8-21)11-17-9-13-3-1-2-4-14(13)16/h1-4,12,17H,5-11H2. The molecule has 7 nitrogen and oxygen atoms in total. The van der Waals surface area contributed by atoms with Crippen LogP contribution < -0.4 is 5.32 Å². The molecule has 120 valence electrons. The number of carbonyl (C=O) groups is 1. The van der Waals surface area contributed by atoms with E-state index in [9.17, 15) is 4.79 Å². The summed E-state index contributed by atoms with van der Waals surface area (Å²) in [5.41, 5.74) is 3.03. The maximum absolute atomic E-state index is 12.4. The Bertz CT molecular complexity index is 690. The molecule has 0 unspecified atom stereocenters. The molecule has 0 radical (unpaired) electrons. The van der Waals surface area contributed by atoms with Crippen LogP contribution in [0.25, 0.3) is 0 Å². The summed E-state index contributed by atoms with van der Waals surface area (Å²) in [7, 11) is 0. The van der Waals surface area contributed by atoms with Gasteiger partial charge in [0.1, 0.15) is 12.9 Å². The second-order valence-electron chi connectivity index (χ2n) is 6.43. The monoisotopic (exact) mass is 312 g/mol. The summed E-state index contributed by atoms with van der Waals surface area (Å²) < 4.78 is 1.48. The average molecular weight is 312 g/mol. The summed E-state index contributed by atoms with van der Waals surface area (Å²) in [6.45, 7) is 3.74. The fourth-order valence-corrected chi connectivity index (χ4v) is 3.85. The first-order valence-electron chi connectivity index (χ1n) is 8.05. The van der Waals surface area contributed by atoms with Crippen molar-refractivity contribution in [3.8, 4) is 0 Å². The van der Waals surface area contributed by atoms with Crippen LogP contribution in [0.5, 0.6) is 0 Å². The van der Waals surface area contributed by atoms with E-state index in [0.29, 0.717) is 0 Å². The molecule has 0 aliphatic carbocycles. The van der Waals surface area contributed by atoms with Crippen LogP contribution in [-0.4, -0.2) is 50.6 Å². The fourth-order valence-electron chi connectivity index (χ4n) is 3.85. The number of tetrazole rings is 1. The number of nitrogens with one attached hydrogen (secondary N) is 1. The summed E-state index contributed by atoms with van der Waals surface area (Å²) in [5.74, 6) is 0.0872. The van der Waals surface area contributed by atoms with Crippen molar-refractivity contribution in [2.24, 2.45) is 0 Å². The number of nitrogens with zero attached hydrogens (tertiary/aromatic N) is 5. The largest absolute Gasteiger partial charge is 0.341 e. The molecule has 1 aromatic heterocycles. The molecule has 0 saturated carbocycles. The van der Waals surface area contributed by atoms with E-state index < -0.39 is 0 Å². The first-order valence-corrected chi connectivity index (χ1v) is 8.05. The van der Waals surface area contributed by atoms with Gasteiger partial charge in [0.2, 0.25) is 5.91 Å². The van der Waals surface area contributed by atoms with Crippen LogP contribution in [0.4, 0.5) is 0 Å². The highest BCUT2D eigenvalue weighted by Crippen LogP contribution is 2.39. The van der Waals surface area contributed by atoms with Gasteiger partial charge in [0.15, 0.2) is 0 Å². The number of rotatable bonds is 2. The van der Waals surface area contributed by atoms with Gasteiger partial charge in [-0.05, 0) is 34.4 Å². The van der Waals surface area contributed by atoms with Crippen molar-refractivity contribution in [3.63, 3.8) is 0 Å². The molecule has 0 atom stereocenters. The van der Waals surface area contributed by atoms with Gasteiger partial charge in [-0.25, -0.2) is 4.68 Å². The lowest BCUT2D eigenvalue weighted by Crippen LogP contribution is -2.52. The number of benzene rings is 1. The Balaban J connectivity index is 1.46. The first-order chi connectivity index (χ1) is 11.3. The summed E-state index contributed by atoms with van der Waals surface area (Å²) in [6, 6.07) is 8.69. The molecular weight excluding hydrogens is 292 g/mol. The maximum atomic E-state index is 12.4. The van der Waals surface area contributed by atoms with E-state index in [2.05, 4.69) is 45.1 Å². The highest BCUT2D eigenvalue weighted by molar-refractivity contribution is 5.76. The van der Waals surface area contributed by atoms with Crippen molar-refractivity contribution in [3.05, 3.63) is 41.7 Å². The topological polar surface area (TPSA) is 75.9 Å². The van der Waals surface area contributed by atoms with Gasteiger partial charge in [0.05, 0.1) is 0 Å². The van der Waals surface area contributed by atoms with Crippen molar-refractivity contribution in [2.75, 3.05) is 19.6 Å². The number of amides is 1. The molecule has 1 saturated heterocycles. The molecular formula is C16H20N6O. The van der Waals surface area contributed by atoms with Crippen molar-refractivity contribution in [2.45, 2.75) is 31.3 Å². The summed E-state index contributed by atoms with van der Waals surface area (Å²) in [5, 5.41) is 14.4. The predicted molar refractivity (Wildman–Crippen MR) is 83.5 cm³/mol. The number of piperidine rings is 1. The van der Waals surface area contributed by atoms with Crippen LogP contribution >= 0.6 is 0 Å². The van der Waals surface area contributed by atoms with Gasteiger partial charge in [-0.3, -0.25) is 4.79 Å². The number of carbonyl (C=O) groups excluding carboxylic acids is 1. The quantitative estimate of drug-likeness (QED) is 0.865. The molecule has 2 aliphatic rings. The zero-order valence-corrected chi connectivity index (χ0v) is 13.0. The lowest BCUT2D eigenvalue weighted by molar-refractivity contribution is -0.133. The molecule has 1 aromatic carbocycles. The smallest absolute Gasteiger partial charge is 0.244 e. The van der Waals surface area contributed by atoms with Crippen molar-refractivity contribution < 1.29 is 4.79 Å². The van der Waals surface area contributed by atoms with Crippen LogP contribution in [0.15, 0.2) is 30.6 Å². The SMILES string of the molecule is O=C(Cn1cnnn1)N1CCC2(CC1)CNCc1ccccc12. The Morgan fingerprint density at radius 1 is 1.26 bits per heavy atom. The van der Waals surface area contributed by atoms with E-state index in [1.165, 1.54) is 22.1 Å². The number of likely N-dealkylation sites (tertiary alicyclic amines) is 1. The Morgan fingerprint density at radius 3 is 2.87 bits per heavy atom. The van der Waals surface area contributed by atoms with Crippen LogP contribution in [-0.2, 0) is 23.3 Å². The third-order valence-corrected chi connectivity index (χ3v) is 5.13. The minimum absolute atomic E-state index is 0.0872. The Hall–Kier alpha value is -2.28. The van der Waals surface area contributed by atoms with Gasteiger partial charge >= 0.3 is 0 Å². The van der Waals surface area contributed by atoms with Gasteiger partial charge in [-0.2, -0.15) is 0 Å². The van der Waals surface area contributed by atoms with Crippen LogP contribution in [0, 0.1) is 0 Å². The second-order valence-corrected chi connectivity index (χ2v) is 6.43. The Kier molecular flexibility index (Phi) is 3.57. The molecule has 7 heteroatoms. The number of fused-ring (bicyclic) bond motifs is 2.